The fourth-order valence-electron chi connectivity index (χ4n) is 1.40. The molecule has 18 heavy (non-hydrogen) atoms. The Morgan fingerprint density at radius 3 is 2.67 bits per heavy atom. The van der Waals surface area contributed by atoms with Gasteiger partial charge in [0.15, 0.2) is 0 Å². The van der Waals surface area contributed by atoms with Gasteiger partial charge < -0.3 is 0 Å². The summed E-state index contributed by atoms with van der Waals surface area (Å²) in [6, 6.07) is 5.18. The van der Waals surface area contributed by atoms with Crippen LogP contribution in [0.25, 0.3) is 0 Å². The van der Waals surface area contributed by atoms with Crippen LogP contribution in [0.3, 0.4) is 0 Å². The Morgan fingerprint density at radius 1 is 1.44 bits per heavy atom. The summed E-state index contributed by atoms with van der Waals surface area (Å²) in [6.45, 7) is 0.946. The number of terminal acetylenes is 1. The van der Waals surface area contributed by atoms with Gasteiger partial charge in [0.25, 0.3) is 0 Å². The molecular weight excluding hydrogens is 255 g/mol. The first-order valence-corrected chi connectivity index (χ1v) is 6.44. The lowest BCUT2D eigenvalue weighted by Crippen LogP contribution is -2.32. The highest BCUT2D eigenvalue weighted by Gasteiger charge is 2.25. The highest BCUT2D eigenvalue weighted by atomic mass is 32.2. The van der Waals surface area contributed by atoms with Gasteiger partial charge in [-0.1, -0.05) is 12.0 Å². The molecule has 0 aromatic heterocycles. The van der Waals surface area contributed by atoms with E-state index < -0.39 is 15.8 Å². The fraction of sp³-hybridized carbons (Fsp3) is 0.250. The molecule has 1 aromatic carbocycles. The zero-order chi connectivity index (χ0) is 13.8. The fourth-order valence-corrected chi connectivity index (χ4v) is 2.88. The Morgan fingerprint density at radius 2 is 2.11 bits per heavy atom. The second-order valence-electron chi connectivity index (χ2n) is 3.55. The lowest BCUT2D eigenvalue weighted by atomic mass is 10.2. The maximum Gasteiger partial charge on any atom is 0.245 e. The van der Waals surface area contributed by atoms with E-state index in [1.165, 1.54) is 12.1 Å². The molecule has 1 aromatic rings. The van der Waals surface area contributed by atoms with Crippen LogP contribution < -0.4 is 0 Å². The smallest absolute Gasteiger partial charge is 0.207 e. The first-order valence-electron chi connectivity index (χ1n) is 5.00. The van der Waals surface area contributed by atoms with Crippen LogP contribution in [0.2, 0.25) is 0 Å². The van der Waals surface area contributed by atoms with E-state index in [0.717, 1.165) is 10.4 Å². The molecule has 0 radical (unpaired) electrons. The zero-order valence-corrected chi connectivity index (χ0v) is 10.5. The third-order valence-corrected chi connectivity index (χ3v) is 4.22. The van der Waals surface area contributed by atoms with Crippen LogP contribution in [0.4, 0.5) is 4.39 Å². The van der Waals surface area contributed by atoms with E-state index in [9.17, 15) is 12.8 Å². The quantitative estimate of drug-likeness (QED) is 0.609. The van der Waals surface area contributed by atoms with Crippen molar-refractivity contribution < 1.29 is 12.8 Å². The zero-order valence-electron chi connectivity index (χ0n) is 9.72. The van der Waals surface area contributed by atoms with Gasteiger partial charge in [-0.3, -0.25) is 0 Å². The minimum Gasteiger partial charge on any atom is -0.207 e. The molecule has 0 saturated heterocycles. The van der Waals surface area contributed by atoms with E-state index in [2.05, 4.69) is 5.92 Å². The Bertz CT molecular complexity index is 610. The minimum absolute atomic E-state index is 0.173. The van der Waals surface area contributed by atoms with Crippen molar-refractivity contribution in [3.8, 4) is 18.4 Å². The van der Waals surface area contributed by atoms with E-state index in [1.807, 2.05) is 0 Å². The van der Waals surface area contributed by atoms with Gasteiger partial charge in [-0.2, -0.15) is 9.57 Å². The average molecular weight is 266 g/mol. The molecule has 0 unspecified atom stereocenters. The highest BCUT2D eigenvalue weighted by Crippen LogP contribution is 2.20. The molecule has 1 rings (SSSR count). The van der Waals surface area contributed by atoms with Crippen molar-refractivity contribution in [1.82, 2.24) is 4.31 Å². The number of benzene rings is 1. The maximum absolute atomic E-state index is 13.1. The normalized spacial score (nSPS) is 10.9. The average Bonchev–Trinajstić information content (AvgIpc) is 2.32. The van der Waals surface area contributed by atoms with Crippen molar-refractivity contribution in [1.29, 1.82) is 5.26 Å². The Labute approximate surface area is 106 Å². The van der Waals surface area contributed by atoms with Crippen molar-refractivity contribution in [3.05, 3.63) is 29.6 Å². The Hall–Kier alpha value is -1.89. The molecule has 6 heteroatoms. The van der Waals surface area contributed by atoms with Crippen LogP contribution >= 0.6 is 0 Å². The van der Waals surface area contributed by atoms with Crippen LogP contribution in [-0.2, 0) is 10.0 Å². The van der Waals surface area contributed by atoms with Crippen molar-refractivity contribution >= 4 is 10.0 Å². The monoisotopic (exact) mass is 266 g/mol. The SMILES string of the molecule is C#CCN(CC#N)S(=O)(=O)c1cc(F)ccc1C. The summed E-state index contributed by atoms with van der Waals surface area (Å²) < 4.78 is 38.3. The molecule has 0 atom stereocenters. The van der Waals surface area contributed by atoms with Gasteiger partial charge in [-0.25, -0.2) is 12.8 Å². The van der Waals surface area contributed by atoms with Crippen molar-refractivity contribution in [3.63, 3.8) is 0 Å². The third-order valence-electron chi connectivity index (χ3n) is 2.28. The van der Waals surface area contributed by atoms with Crippen LogP contribution in [0.15, 0.2) is 23.1 Å². The number of hydrogen-bond acceptors (Lipinski definition) is 3. The Kier molecular flexibility index (Phi) is 4.43. The van der Waals surface area contributed by atoms with Gasteiger partial charge >= 0.3 is 0 Å². The predicted molar refractivity (Wildman–Crippen MR) is 64.3 cm³/mol. The van der Waals surface area contributed by atoms with Crippen molar-refractivity contribution in [2.75, 3.05) is 13.1 Å². The highest BCUT2D eigenvalue weighted by molar-refractivity contribution is 7.89. The van der Waals surface area contributed by atoms with Gasteiger partial charge in [0.05, 0.1) is 17.5 Å². The maximum atomic E-state index is 13.1. The number of nitriles is 1. The van der Waals surface area contributed by atoms with Gasteiger partial charge in [-0.05, 0) is 24.6 Å². The first-order chi connectivity index (χ1) is 8.43. The molecule has 0 amide bonds. The van der Waals surface area contributed by atoms with Crippen LogP contribution in [0.1, 0.15) is 5.56 Å². The van der Waals surface area contributed by atoms with Crippen molar-refractivity contribution in [2.24, 2.45) is 0 Å². The van der Waals surface area contributed by atoms with Gasteiger partial charge in [0.1, 0.15) is 12.4 Å². The second-order valence-corrected chi connectivity index (χ2v) is 5.45. The predicted octanol–water partition coefficient (Wildman–Crippen LogP) is 1.28. The van der Waals surface area contributed by atoms with Crippen LogP contribution in [-0.4, -0.2) is 25.8 Å². The number of halogens is 1. The molecule has 0 saturated carbocycles. The lowest BCUT2D eigenvalue weighted by Gasteiger charge is -2.17. The molecule has 0 aliphatic carbocycles. The van der Waals surface area contributed by atoms with Gasteiger partial charge in [-0.15, -0.1) is 6.42 Å². The molecule has 0 fully saturated rings. The van der Waals surface area contributed by atoms with E-state index in [0.29, 0.717) is 5.56 Å². The summed E-state index contributed by atoms with van der Waals surface area (Å²) in [6.07, 6.45) is 5.06. The molecule has 0 bridgehead atoms. The summed E-state index contributed by atoms with van der Waals surface area (Å²) in [5.74, 6) is 1.51. The Balaban J connectivity index is 3.32. The van der Waals surface area contributed by atoms with Crippen molar-refractivity contribution in [2.45, 2.75) is 11.8 Å². The first kappa shape index (κ1) is 14.2. The van der Waals surface area contributed by atoms with Crippen LogP contribution in [0, 0.1) is 36.4 Å². The minimum atomic E-state index is -3.95. The number of nitrogens with zero attached hydrogens (tertiary/aromatic N) is 2. The third kappa shape index (κ3) is 2.86. The van der Waals surface area contributed by atoms with Gasteiger partial charge in [0, 0.05) is 0 Å². The summed E-state index contributed by atoms with van der Waals surface area (Å²) >= 11 is 0. The summed E-state index contributed by atoms with van der Waals surface area (Å²) in [5.41, 5.74) is 0.399. The van der Waals surface area contributed by atoms with E-state index in [-0.39, 0.29) is 18.0 Å². The second kappa shape index (κ2) is 5.63. The molecular formula is C12H11FN2O2S. The van der Waals surface area contributed by atoms with Gasteiger partial charge in [0.2, 0.25) is 10.0 Å². The van der Waals surface area contributed by atoms with Crippen LogP contribution in [0.5, 0.6) is 0 Å². The summed E-state index contributed by atoms with van der Waals surface area (Å²) in [5, 5.41) is 8.60. The van der Waals surface area contributed by atoms with E-state index in [1.54, 1.807) is 13.0 Å². The molecule has 94 valence electrons. The summed E-state index contributed by atoms with van der Waals surface area (Å²) in [7, 11) is -3.95. The largest absolute Gasteiger partial charge is 0.245 e. The number of sulfonamides is 1. The number of rotatable bonds is 4. The topological polar surface area (TPSA) is 61.2 Å². The molecule has 0 spiro atoms. The molecule has 0 aliphatic rings. The number of aryl methyl sites for hydroxylation is 1. The molecule has 4 nitrogen and oxygen atoms in total. The molecule has 0 heterocycles. The van der Waals surface area contributed by atoms with E-state index >= 15 is 0 Å². The van der Waals surface area contributed by atoms with E-state index in [4.69, 9.17) is 11.7 Å². The summed E-state index contributed by atoms with van der Waals surface area (Å²) in [4.78, 5) is -0.173. The molecule has 0 N–H and O–H groups in total. The number of hydrogen-bond donors (Lipinski definition) is 0. The lowest BCUT2D eigenvalue weighted by molar-refractivity contribution is 0.479. The molecule has 0 aliphatic heterocycles. The standard InChI is InChI=1S/C12H11FN2O2S/c1-3-7-15(8-6-14)18(16,17)12-9-11(13)5-4-10(12)2/h1,4-5,9H,7-8H2,2H3.